The van der Waals surface area contributed by atoms with Crippen LogP contribution in [0.4, 0.5) is 0 Å². The minimum absolute atomic E-state index is 0.0441. The Kier molecular flexibility index (Phi) is 4.97. The minimum Gasteiger partial charge on any atom is -0.508 e. The standard InChI is InChI=1S/C20H19NO4/c1-13-7-8-21-19(9-13)25-17-4-2-3-14(11-17)20(24)18-6-5-16(23)10-15(18)12-22/h2-11,20,22-24H,12H2,1H3. The van der Waals surface area contributed by atoms with Gasteiger partial charge in [-0.3, -0.25) is 0 Å². The Hall–Kier alpha value is -2.89. The van der Waals surface area contributed by atoms with Crippen LogP contribution in [0, 0.1) is 6.92 Å². The van der Waals surface area contributed by atoms with E-state index < -0.39 is 6.10 Å². The van der Waals surface area contributed by atoms with E-state index in [0.717, 1.165) is 5.56 Å². The number of aryl methyl sites for hydroxylation is 1. The van der Waals surface area contributed by atoms with Crippen LogP contribution in [0.15, 0.2) is 60.8 Å². The first-order valence-electron chi connectivity index (χ1n) is 7.88. The molecule has 0 aliphatic rings. The molecule has 1 aromatic heterocycles. The molecule has 3 N–H and O–H groups in total. The summed E-state index contributed by atoms with van der Waals surface area (Å²) >= 11 is 0. The molecule has 5 nitrogen and oxygen atoms in total. The van der Waals surface area contributed by atoms with Crippen molar-refractivity contribution in [1.29, 1.82) is 0 Å². The van der Waals surface area contributed by atoms with Crippen LogP contribution in [0.25, 0.3) is 0 Å². The molecule has 0 fully saturated rings. The van der Waals surface area contributed by atoms with Gasteiger partial charge in [-0.1, -0.05) is 18.2 Å². The van der Waals surface area contributed by atoms with Crippen LogP contribution in [0.5, 0.6) is 17.4 Å². The van der Waals surface area contributed by atoms with Crippen molar-refractivity contribution in [2.24, 2.45) is 0 Å². The number of aromatic nitrogens is 1. The van der Waals surface area contributed by atoms with Crippen LogP contribution in [0.1, 0.15) is 28.4 Å². The molecule has 0 aliphatic carbocycles. The molecule has 2 aromatic carbocycles. The highest BCUT2D eigenvalue weighted by Crippen LogP contribution is 2.30. The lowest BCUT2D eigenvalue weighted by Gasteiger charge is -2.16. The Balaban J connectivity index is 1.88. The molecule has 1 atom stereocenters. The van der Waals surface area contributed by atoms with E-state index in [1.165, 1.54) is 12.1 Å². The van der Waals surface area contributed by atoms with Gasteiger partial charge in [-0.25, -0.2) is 4.98 Å². The summed E-state index contributed by atoms with van der Waals surface area (Å²) in [7, 11) is 0. The minimum atomic E-state index is -0.947. The zero-order valence-corrected chi connectivity index (χ0v) is 13.8. The molecule has 1 heterocycles. The Morgan fingerprint density at radius 2 is 1.92 bits per heavy atom. The molecule has 1 unspecified atom stereocenters. The van der Waals surface area contributed by atoms with E-state index in [1.807, 2.05) is 19.1 Å². The third-order valence-corrected chi connectivity index (χ3v) is 3.88. The van der Waals surface area contributed by atoms with E-state index >= 15 is 0 Å². The first-order valence-corrected chi connectivity index (χ1v) is 7.88. The first kappa shape index (κ1) is 17.0. The Labute approximate surface area is 145 Å². The van der Waals surface area contributed by atoms with Crippen molar-refractivity contribution in [2.45, 2.75) is 19.6 Å². The predicted molar refractivity (Wildman–Crippen MR) is 93.6 cm³/mol. The summed E-state index contributed by atoms with van der Waals surface area (Å²) in [6, 6.07) is 15.3. The van der Waals surface area contributed by atoms with Gasteiger partial charge in [-0.05, 0) is 59.5 Å². The maximum absolute atomic E-state index is 10.7. The third-order valence-electron chi connectivity index (χ3n) is 3.88. The van der Waals surface area contributed by atoms with Crippen LogP contribution in [0.3, 0.4) is 0 Å². The van der Waals surface area contributed by atoms with Crippen LogP contribution in [0.2, 0.25) is 0 Å². The van der Waals surface area contributed by atoms with Crippen molar-refractivity contribution in [3.63, 3.8) is 0 Å². The lowest BCUT2D eigenvalue weighted by atomic mass is 9.96. The summed E-state index contributed by atoms with van der Waals surface area (Å²) in [4.78, 5) is 4.16. The molecule has 0 radical (unpaired) electrons. The van der Waals surface area contributed by atoms with Gasteiger partial charge in [0.2, 0.25) is 5.88 Å². The second-order valence-corrected chi connectivity index (χ2v) is 5.79. The van der Waals surface area contributed by atoms with Gasteiger partial charge < -0.3 is 20.1 Å². The highest BCUT2D eigenvalue weighted by Gasteiger charge is 2.16. The molecule has 0 aliphatic heterocycles. The average Bonchev–Trinajstić information content (AvgIpc) is 2.61. The number of aliphatic hydroxyl groups is 2. The first-order chi connectivity index (χ1) is 12.1. The summed E-state index contributed by atoms with van der Waals surface area (Å²) in [5.41, 5.74) is 2.66. The van der Waals surface area contributed by atoms with Crippen molar-refractivity contribution in [1.82, 2.24) is 4.98 Å². The molecular weight excluding hydrogens is 318 g/mol. The maximum atomic E-state index is 10.7. The normalized spacial score (nSPS) is 12.0. The topological polar surface area (TPSA) is 82.8 Å². The number of ether oxygens (including phenoxy) is 1. The van der Waals surface area contributed by atoms with E-state index in [0.29, 0.717) is 28.3 Å². The largest absolute Gasteiger partial charge is 0.508 e. The van der Waals surface area contributed by atoms with E-state index in [1.54, 1.807) is 36.5 Å². The van der Waals surface area contributed by atoms with Gasteiger partial charge in [-0.2, -0.15) is 0 Å². The fourth-order valence-electron chi connectivity index (χ4n) is 2.61. The number of benzene rings is 2. The summed E-state index contributed by atoms with van der Waals surface area (Å²) < 4.78 is 5.75. The fraction of sp³-hybridized carbons (Fsp3) is 0.150. The molecule has 0 spiro atoms. The monoisotopic (exact) mass is 337 g/mol. The molecule has 3 rings (SSSR count). The molecule has 25 heavy (non-hydrogen) atoms. The average molecular weight is 337 g/mol. The Morgan fingerprint density at radius 3 is 2.68 bits per heavy atom. The fourth-order valence-corrected chi connectivity index (χ4v) is 2.61. The lowest BCUT2D eigenvalue weighted by molar-refractivity contribution is 0.212. The molecular formula is C20H19NO4. The molecule has 3 aromatic rings. The van der Waals surface area contributed by atoms with Gasteiger partial charge in [0.1, 0.15) is 17.6 Å². The number of rotatable bonds is 5. The van der Waals surface area contributed by atoms with Crippen LogP contribution in [-0.2, 0) is 6.61 Å². The van der Waals surface area contributed by atoms with Crippen molar-refractivity contribution < 1.29 is 20.1 Å². The molecule has 0 saturated heterocycles. The lowest BCUT2D eigenvalue weighted by Crippen LogP contribution is -2.04. The second-order valence-electron chi connectivity index (χ2n) is 5.79. The number of aromatic hydroxyl groups is 1. The molecule has 0 bridgehead atoms. The SMILES string of the molecule is Cc1ccnc(Oc2cccc(C(O)c3ccc(O)cc3CO)c2)c1. The number of nitrogens with zero attached hydrogens (tertiary/aromatic N) is 1. The quantitative estimate of drug-likeness (QED) is 0.664. The third kappa shape index (κ3) is 3.96. The number of hydrogen-bond acceptors (Lipinski definition) is 5. The van der Waals surface area contributed by atoms with E-state index in [2.05, 4.69) is 4.98 Å². The van der Waals surface area contributed by atoms with E-state index in [4.69, 9.17) is 4.74 Å². The zero-order chi connectivity index (χ0) is 17.8. The van der Waals surface area contributed by atoms with Crippen molar-refractivity contribution in [2.75, 3.05) is 0 Å². The van der Waals surface area contributed by atoms with Gasteiger partial charge in [0, 0.05) is 12.3 Å². The molecule has 128 valence electrons. The van der Waals surface area contributed by atoms with Crippen LogP contribution >= 0.6 is 0 Å². The summed E-state index contributed by atoms with van der Waals surface area (Å²) in [6.07, 6.45) is 0.727. The van der Waals surface area contributed by atoms with Crippen molar-refractivity contribution >= 4 is 0 Å². The van der Waals surface area contributed by atoms with Gasteiger partial charge in [0.25, 0.3) is 0 Å². The second kappa shape index (κ2) is 7.34. The number of aliphatic hydroxyl groups excluding tert-OH is 2. The summed E-state index contributed by atoms with van der Waals surface area (Å²) in [5.74, 6) is 1.08. The molecule has 0 amide bonds. The van der Waals surface area contributed by atoms with Gasteiger partial charge in [0.05, 0.1) is 6.61 Å². The van der Waals surface area contributed by atoms with Crippen molar-refractivity contribution in [3.05, 3.63) is 83.0 Å². The van der Waals surface area contributed by atoms with E-state index in [9.17, 15) is 15.3 Å². The molecule has 0 saturated carbocycles. The number of hydrogen-bond donors (Lipinski definition) is 3. The van der Waals surface area contributed by atoms with E-state index in [-0.39, 0.29) is 12.4 Å². The number of phenols is 1. The Bertz CT molecular complexity index is 879. The van der Waals surface area contributed by atoms with Gasteiger partial charge in [-0.15, -0.1) is 0 Å². The molecule has 5 heteroatoms. The number of phenolic OH excluding ortho intramolecular Hbond substituents is 1. The predicted octanol–water partition coefficient (Wildman–Crippen LogP) is 3.46. The van der Waals surface area contributed by atoms with Crippen molar-refractivity contribution in [3.8, 4) is 17.4 Å². The van der Waals surface area contributed by atoms with Crippen LogP contribution in [-0.4, -0.2) is 20.3 Å². The van der Waals surface area contributed by atoms with Gasteiger partial charge in [0.15, 0.2) is 0 Å². The highest BCUT2D eigenvalue weighted by molar-refractivity contribution is 5.42. The number of pyridine rings is 1. The summed E-state index contributed by atoms with van der Waals surface area (Å²) in [5, 5.41) is 29.7. The van der Waals surface area contributed by atoms with Crippen LogP contribution < -0.4 is 4.74 Å². The van der Waals surface area contributed by atoms with Gasteiger partial charge >= 0.3 is 0 Å². The smallest absolute Gasteiger partial charge is 0.219 e. The highest BCUT2D eigenvalue weighted by atomic mass is 16.5. The zero-order valence-electron chi connectivity index (χ0n) is 13.8. The Morgan fingerprint density at radius 1 is 1.08 bits per heavy atom. The maximum Gasteiger partial charge on any atom is 0.219 e. The summed E-state index contributed by atoms with van der Waals surface area (Å²) in [6.45, 7) is 1.68.